The molecule has 0 bridgehead atoms. The van der Waals surface area contributed by atoms with Crippen molar-refractivity contribution in [2.45, 2.75) is 124 Å². The zero-order valence-corrected chi connectivity index (χ0v) is 19.2. The Hall–Kier alpha value is -0.340. The SMILES string of the molecule is CC(C)CCCCC(C)CCCC(C)/C=C/[C@@]12O[C@]1(C)C[C@@H](O)CC2(C)C. The summed E-state index contributed by atoms with van der Waals surface area (Å²) in [5, 5.41) is 10.2. The number of hydrogen-bond acceptors (Lipinski definition) is 2. The van der Waals surface area contributed by atoms with E-state index in [1.807, 2.05) is 0 Å². The highest BCUT2D eigenvalue weighted by Crippen LogP contribution is 2.66. The fourth-order valence-electron chi connectivity index (χ4n) is 5.45. The molecule has 1 N–H and O–H groups in total. The molecule has 1 saturated heterocycles. The molecule has 1 aliphatic carbocycles. The van der Waals surface area contributed by atoms with Crippen molar-refractivity contribution in [3.63, 3.8) is 0 Å². The number of allylic oxidation sites excluding steroid dienone is 1. The Labute approximate surface area is 169 Å². The van der Waals surface area contributed by atoms with Crippen molar-refractivity contribution in [3.05, 3.63) is 12.2 Å². The van der Waals surface area contributed by atoms with E-state index in [-0.39, 0.29) is 22.7 Å². The molecule has 1 saturated carbocycles. The minimum Gasteiger partial charge on any atom is -0.393 e. The summed E-state index contributed by atoms with van der Waals surface area (Å²) in [5.74, 6) is 2.31. The molecule has 0 radical (unpaired) electrons. The first kappa shape index (κ1) is 22.9. The standard InChI is InChI=1S/C25H46O2/c1-19(2)11-8-9-12-20(3)13-10-14-21(4)15-16-25-23(5,6)17-22(26)18-24(25,7)27-25/h15-16,19-22,26H,8-14,17-18H2,1-7H3/b16-15+/t20?,21?,22-,24+,25-/m0/s1. The summed E-state index contributed by atoms with van der Waals surface area (Å²) < 4.78 is 6.26. The van der Waals surface area contributed by atoms with E-state index < -0.39 is 0 Å². The lowest BCUT2D eigenvalue weighted by Crippen LogP contribution is -2.46. The largest absolute Gasteiger partial charge is 0.393 e. The first-order valence-corrected chi connectivity index (χ1v) is 11.6. The molecule has 0 spiro atoms. The maximum Gasteiger partial charge on any atom is 0.121 e. The molecule has 2 nitrogen and oxygen atoms in total. The topological polar surface area (TPSA) is 32.8 Å². The Balaban J connectivity index is 1.71. The molecular formula is C25H46O2. The molecular weight excluding hydrogens is 332 g/mol. The number of ether oxygens (including phenoxy) is 1. The van der Waals surface area contributed by atoms with E-state index in [4.69, 9.17) is 4.74 Å². The van der Waals surface area contributed by atoms with Crippen molar-refractivity contribution >= 4 is 0 Å². The molecule has 0 aromatic rings. The minimum absolute atomic E-state index is 0.000136. The van der Waals surface area contributed by atoms with Crippen molar-refractivity contribution in [2.24, 2.45) is 23.2 Å². The number of aliphatic hydroxyl groups excluding tert-OH is 1. The average molecular weight is 379 g/mol. The number of rotatable bonds is 11. The van der Waals surface area contributed by atoms with Gasteiger partial charge in [0, 0.05) is 11.8 Å². The van der Waals surface area contributed by atoms with E-state index in [2.05, 4.69) is 60.6 Å². The Morgan fingerprint density at radius 2 is 1.56 bits per heavy atom. The lowest BCUT2D eigenvalue weighted by Gasteiger charge is -2.39. The summed E-state index contributed by atoms with van der Waals surface area (Å²) in [4.78, 5) is 0. The number of epoxide rings is 1. The quantitative estimate of drug-likeness (QED) is 0.241. The highest BCUT2D eigenvalue weighted by Gasteiger charge is 2.74. The van der Waals surface area contributed by atoms with Crippen molar-refractivity contribution in [3.8, 4) is 0 Å². The maximum absolute atomic E-state index is 10.2. The van der Waals surface area contributed by atoms with E-state index in [1.54, 1.807) is 0 Å². The van der Waals surface area contributed by atoms with Crippen LogP contribution in [0.2, 0.25) is 0 Å². The summed E-state index contributed by atoms with van der Waals surface area (Å²) in [6.07, 6.45) is 15.6. The molecule has 0 amide bonds. The first-order valence-electron chi connectivity index (χ1n) is 11.6. The Morgan fingerprint density at radius 1 is 0.926 bits per heavy atom. The summed E-state index contributed by atoms with van der Waals surface area (Å²) in [5.41, 5.74) is -0.341. The molecule has 2 rings (SSSR count). The van der Waals surface area contributed by atoms with Crippen LogP contribution in [0.5, 0.6) is 0 Å². The Kier molecular flexibility index (Phi) is 7.64. The van der Waals surface area contributed by atoms with Gasteiger partial charge in [0.15, 0.2) is 0 Å². The van der Waals surface area contributed by atoms with Gasteiger partial charge in [0.2, 0.25) is 0 Å². The third-order valence-electron chi connectivity index (χ3n) is 7.25. The van der Waals surface area contributed by atoms with Crippen LogP contribution in [0.1, 0.15) is 106 Å². The van der Waals surface area contributed by atoms with Gasteiger partial charge in [0.25, 0.3) is 0 Å². The average Bonchev–Trinajstić information content (AvgIpc) is 3.15. The van der Waals surface area contributed by atoms with Gasteiger partial charge in [0.1, 0.15) is 11.2 Å². The van der Waals surface area contributed by atoms with Gasteiger partial charge in [-0.25, -0.2) is 0 Å². The van der Waals surface area contributed by atoms with Gasteiger partial charge in [-0.15, -0.1) is 0 Å². The Morgan fingerprint density at radius 3 is 2.19 bits per heavy atom. The first-order chi connectivity index (χ1) is 12.5. The van der Waals surface area contributed by atoms with Gasteiger partial charge in [0.05, 0.1) is 6.10 Å². The summed E-state index contributed by atoms with van der Waals surface area (Å²) in [6.45, 7) is 16.1. The zero-order chi connectivity index (χ0) is 20.3. The lowest BCUT2D eigenvalue weighted by molar-refractivity contribution is 0.0513. The van der Waals surface area contributed by atoms with Crippen LogP contribution in [-0.2, 0) is 4.74 Å². The smallest absolute Gasteiger partial charge is 0.121 e. The molecule has 27 heavy (non-hydrogen) atoms. The van der Waals surface area contributed by atoms with Gasteiger partial charge < -0.3 is 9.84 Å². The Bertz CT molecular complexity index is 495. The predicted molar refractivity (Wildman–Crippen MR) is 116 cm³/mol. The molecule has 2 heteroatoms. The molecule has 0 aromatic heterocycles. The highest BCUT2D eigenvalue weighted by atomic mass is 16.6. The van der Waals surface area contributed by atoms with Crippen molar-refractivity contribution in [1.82, 2.24) is 0 Å². The molecule has 1 aliphatic heterocycles. The maximum atomic E-state index is 10.2. The highest BCUT2D eigenvalue weighted by molar-refractivity contribution is 5.32. The molecule has 5 atom stereocenters. The second-order valence-electron chi connectivity index (χ2n) is 11.1. The number of hydrogen-bond donors (Lipinski definition) is 1. The van der Waals surface area contributed by atoms with E-state index >= 15 is 0 Å². The van der Waals surface area contributed by atoms with Crippen molar-refractivity contribution in [2.75, 3.05) is 0 Å². The van der Waals surface area contributed by atoms with E-state index in [9.17, 15) is 5.11 Å². The van der Waals surface area contributed by atoms with Gasteiger partial charge >= 0.3 is 0 Å². The normalized spacial score (nSPS) is 34.6. The van der Waals surface area contributed by atoms with Gasteiger partial charge in [-0.3, -0.25) is 0 Å². The van der Waals surface area contributed by atoms with Crippen molar-refractivity contribution in [1.29, 1.82) is 0 Å². The molecule has 2 unspecified atom stereocenters. The van der Waals surface area contributed by atoms with Crippen molar-refractivity contribution < 1.29 is 9.84 Å². The molecule has 1 heterocycles. The van der Waals surface area contributed by atoms with Crippen LogP contribution >= 0.6 is 0 Å². The van der Waals surface area contributed by atoms with Crippen LogP contribution in [0.3, 0.4) is 0 Å². The summed E-state index contributed by atoms with van der Waals surface area (Å²) in [6, 6.07) is 0. The monoisotopic (exact) mass is 378 g/mol. The number of fused-ring (bicyclic) bond motifs is 1. The number of unbranched alkanes of at least 4 members (excludes halogenated alkanes) is 1. The molecule has 2 fully saturated rings. The van der Waals surface area contributed by atoms with E-state index in [0.717, 1.165) is 24.7 Å². The zero-order valence-electron chi connectivity index (χ0n) is 19.2. The fourth-order valence-corrected chi connectivity index (χ4v) is 5.45. The lowest BCUT2D eigenvalue weighted by atomic mass is 9.63. The fraction of sp³-hybridized carbons (Fsp3) is 0.920. The van der Waals surface area contributed by atoms with E-state index in [1.165, 1.54) is 44.9 Å². The number of aliphatic hydroxyl groups is 1. The van der Waals surface area contributed by atoms with Crippen LogP contribution < -0.4 is 0 Å². The molecule has 158 valence electrons. The molecule has 2 aliphatic rings. The third-order valence-corrected chi connectivity index (χ3v) is 7.25. The summed E-state index contributed by atoms with van der Waals surface area (Å²) >= 11 is 0. The van der Waals surface area contributed by atoms with Gasteiger partial charge in [-0.2, -0.15) is 0 Å². The van der Waals surface area contributed by atoms with Gasteiger partial charge in [-0.1, -0.05) is 92.2 Å². The van der Waals surface area contributed by atoms with Gasteiger partial charge in [-0.05, 0) is 37.5 Å². The van der Waals surface area contributed by atoms with Crippen LogP contribution in [0.4, 0.5) is 0 Å². The van der Waals surface area contributed by atoms with Crippen LogP contribution in [0, 0.1) is 23.2 Å². The predicted octanol–water partition coefficient (Wildman–Crippen LogP) is 6.91. The minimum atomic E-state index is -0.228. The third kappa shape index (κ3) is 5.60. The summed E-state index contributed by atoms with van der Waals surface area (Å²) in [7, 11) is 0. The molecule has 0 aromatic carbocycles. The van der Waals surface area contributed by atoms with Crippen LogP contribution in [-0.4, -0.2) is 22.4 Å². The second kappa shape index (κ2) is 8.99. The second-order valence-corrected chi connectivity index (χ2v) is 11.1. The van der Waals surface area contributed by atoms with Crippen LogP contribution in [0.25, 0.3) is 0 Å². The van der Waals surface area contributed by atoms with E-state index in [0.29, 0.717) is 5.92 Å². The van der Waals surface area contributed by atoms with Crippen LogP contribution in [0.15, 0.2) is 12.2 Å².